The quantitative estimate of drug-likeness (QED) is 0.713. The first-order valence-electron chi connectivity index (χ1n) is 7.68. The fraction of sp³-hybridized carbons (Fsp3) is 0.222. The van der Waals surface area contributed by atoms with Gasteiger partial charge in [0.25, 0.3) is 5.91 Å². The van der Waals surface area contributed by atoms with Gasteiger partial charge in [-0.15, -0.1) is 0 Å². The number of nitrogens with zero attached hydrogens (tertiary/aromatic N) is 1. The highest BCUT2D eigenvalue weighted by atomic mass is 32.2. The van der Waals surface area contributed by atoms with Crippen LogP contribution in [0.25, 0.3) is 11.0 Å². The van der Waals surface area contributed by atoms with Crippen molar-refractivity contribution >= 4 is 28.7 Å². The lowest BCUT2D eigenvalue weighted by Crippen LogP contribution is -2.30. The average molecular weight is 343 g/mol. The Morgan fingerprint density at radius 2 is 2.00 bits per heavy atom. The van der Waals surface area contributed by atoms with Crippen LogP contribution in [-0.2, 0) is 0 Å². The van der Waals surface area contributed by atoms with Gasteiger partial charge in [-0.1, -0.05) is 24.3 Å². The molecule has 1 atom stereocenters. The average Bonchev–Trinajstić information content (AvgIpc) is 3.02. The maximum absolute atomic E-state index is 13.8. The van der Waals surface area contributed by atoms with Crippen molar-refractivity contribution in [2.75, 3.05) is 12.0 Å². The molecule has 124 valence electrons. The summed E-state index contributed by atoms with van der Waals surface area (Å²) in [5, 5.41) is 2.90. The van der Waals surface area contributed by atoms with Crippen LogP contribution in [0, 0.1) is 5.82 Å². The Bertz CT molecular complexity index is 816. The lowest BCUT2D eigenvalue weighted by Gasteiger charge is -2.16. The Balaban J connectivity index is 1.86. The van der Waals surface area contributed by atoms with Gasteiger partial charge in [-0.05, 0) is 42.7 Å². The van der Waals surface area contributed by atoms with E-state index < -0.39 is 11.7 Å². The van der Waals surface area contributed by atoms with Crippen molar-refractivity contribution < 1.29 is 9.18 Å². The van der Waals surface area contributed by atoms with Crippen LogP contribution in [0.5, 0.6) is 0 Å². The van der Waals surface area contributed by atoms with Crippen molar-refractivity contribution in [2.24, 2.45) is 0 Å². The van der Waals surface area contributed by atoms with Crippen molar-refractivity contribution in [3.8, 4) is 0 Å². The fourth-order valence-corrected chi connectivity index (χ4v) is 3.00. The first-order valence-corrected chi connectivity index (χ1v) is 9.07. The van der Waals surface area contributed by atoms with Gasteiger partial charge in [0.1, 0.15) is 11.6 Å². The van der Waals surface area contributed by atoms with Gasteiger partial charge in [0, 0.05) is 0 Å². The number of fused-ring (bicyclic) bond motifs is 1. The fourth-order valence-electron chi connectivity index (χ4n) is 2.53. The number of para-hydroxylation sites is 2. The Hall–Kier alpha value is -2.34. The molecule has 0 aliphatic rings. The van der Waals surface area contributed by atoms with Crippen LogP contribution in [0.1, 0.15) is 28.6 Å². The maximum atomic E-state index is 13.8. The lowest BCUT2D eigenvalue weighted by molar-refractivity contribution is 0.0930. The van der Waals surface area contributed by atoms with Gasteiger partial charge in [0.2, 0.25) is 0 Å². The van der Waals surface area contributed by atoms with Crippen molar-refractivity contribution in [2.45, 2.75) is 12.5 Å². The zero-order chi connectivity index (χ0) is 16.9. The molecule has 1 unspecified atom stereocenters. The summed E-state index contributed by atoms with van der Waals surface area (Å²) >= 11 is 1.69. The van der Waals surface area contributed by atoms with E-state index in [-0.39, 0.29) is 11.6 Å². The predicted octanol–water partition coefficient (Wildman–Crippen LogP) is 3.93. The molecule has 0 saturated carbocycles. The second-order valence-electron chi connectivity index (χ2n) is 5.43. The zero-order valence-electron chi connectivity index (χ0n) is 13.3. The molecular formula is C18H18FN3OS. The highest BCUT2D eigenvalue weighted by Crippen LogP contribution is 2.21. The monoisotopic (exact) mass is 343 g/mol. The van der Waals surface area contributed by atoms with E-state index in [1.54, 1.807) is 23.9 Å². The van der Waals surface area contributed by atoms with E-state index in [1.807, 2.05) is 30.5 Å². The van der Waals surface area contributed by atoms with Crippen molar-refractivity contribution in [1.82, 2.24) is 15.3 Å². The number of carbonyl (C=O) groups is 1. The van der Waals surface area contributed by atoms with Gasteiger partial charge in [-0.2, -0.15) is 11.8 Å². The van der Waals surface area contributed by atoms with Crippen LogP contribution >= 0.6 is 11.8 Å². The minimum Gasteiger partial charge on any atom is -0.342 e. The van der Waals surface area contributed by atoms with Crippen LogP contribution in [0.2, 0.25) is 0 Å². The Morgan fingerprint density at radius 3 is 2.75 bits per heavy atom. The summed E-state index contributed by atoms with van der Waals surface area (Å²) < 4.78 is 13.8. The summed E-state index contributed by atoms with van der Waals surface area (Å²) in [5.74, 6) is 0.594. The number of carbonyl (C=O) groups excluding carboxylic acids is 1. The smallest absolute Gasteiger partial charge is 0.254 e. The van der Waals surface area contributed by atoms with Crippen molar-refractivity contribution in [1.29, 1.82) is 0 Å². The van der Waals surface area contributed by atoms with Gasteiger partial charge < -0.3 is 10.3 Å². The van der Waals surface area contributed by atoms with E-state index in [9.17, 15) is 9.18 Å². The minimum atomic E-state index is -0.525. The van der Waals surface area contributed by atoms with Crippen molar-refractivity contribution in [3.05, 3.63) is 65.7 Å². The molecule has 1 amide bonds. The molecule has 24 heavy (non-hydrogen) atoms. The number of aromatic amines is 1. The first kappa shape index (κ1) is 16.5. The van der Waals surface area contributed by atoms with E-state index in [1.165, 1.54) is 12.1 Å². The second-order valence-corrected chi connectivity index (χ2v) is 6.41. The van der Waals surface area contributed by atoms with E-state index in [2.05, 4.69) is 15.3 Å². The van der Waals surface area contributed by atoms with E-state index in [0.717, 1.165) is 16.8 Å². The number of halogens is 1. The molecule has 0 saturated heterocycles. The molecule has 0 spiro atoms. The molecule has 4 nitrogen and oxygen atoms in total. The largest absolute Gasteiger partial charge is 0.342 e. The molecule has 0 aliphatic carbocycles. The summed E-state index contributed by atoms with van der Waals surface area (Å²) in [7, 11) is 0. The minimum absolute atomic E-state index is 0.0442. The summed E-state index contributed by atoms with van der Waals surface area (Å²) in [6.07, 6.45) is 2.72. The molecule has 2 N–H and O–H groups in total. The standard InChI is InChI=1S/C18H18FN3OS/c1-24-11-10-16(17-20-14-8-4-5-9-15(14)21-17)22-18(23)12-6-2-3-7-13(12)19/h2-9,16H,10-11H2,1H3,(H,20,21)(H,22,23). The number of H-pyrrole nitrogens is 1. The molecule has 6 heteroatoms. The molecule has 0 bridgehead atoms. The van der Waals surface area contributed by atoms with Crippen molar-refractivity contribution in [3.63, 3.8) is 0 Å². The van der Waals surface area contributed by atoms with Crippen LogP contribution in [0.15, 0.2) is 48.5 Å². The van der Waals surface area contributed by atoms with Gasteiger partial charge in [0.15, 0.2) is 0 Å². The predicted molar refractivity (Wildman–Crippen MR) is 95.7 cm³/mol. The highest BCUT2D eigenvalue weighted by Gasteiger charge is 2.20. The number of hydrogen-bond donors (Lipinski definition) is 2. The normalized spacial score (nSPS) is 12.2. The van der Waals surface area contributed by atoms with Crippen LogP contribution < -0.4 is 5.32 Å². The van der Waals surface area contributed by atoms with Crippen LogP contribution in [-0.4, -0.2) is 27.9 Å². The topological polar surface area (TPSA) is 57.8 Å². The second kappa shape index (κ2) is 7.49. The molecule has 3 rings (SSSR count). The summed E-state index contributed by atoms with van der Waals surface area (Å²) in [5.41, 5.74) is 1.81. The van der Waals surface area contributed by atoms with E-state index >= 15 is 0 Å². The summed E-state index contributed by atoms with van der Waals surface area (Å²) in [6, 6.07) is 13.4. The van der Waals surface area contributed by atoms with Gasteiger partial charge in [-0.3, -0.25) is 4.79 Å². The van der Waals surface area contributed by atoms with Crippen LogP contribution in [0.3, 0.4) is 0 Å². The molecule has 1 aromatic heterocycles. The number of thioether (sulfide) groups is 1. The summed E-state index contributed by atoms with van der Waals surface area (Å²) in [4.78, 5) is 20.2. The highest BCUT2D eigenvalue weighted by molar-refractivity contribution is 7.98. The third-order valence-electron chi connectivity index (χ3n) is 3.77. The Labute approximate surface area is 143 Å². The molecule has 0 fully saturated rings. The van der Waals surface area contributed by atoms with Crippen LogP contribution in [0.4, 0.5) is 4.39 Å². The Morgan fingerprint density at radius 1 is 1.25 bits per heavy atom. The molecule has 2 aromatic carbocycles. The Kier molecular flexibility index (Phi) is 5.15. The first-order chi connectivity index (χ1) is 11.7. The van der Waals surface area contributed by atoms with E-state index in [0.29, 0.717) is 12.2 Å². The lowest BCUT2D eigenvalue weighted by atomic mass is 10.1. The molecule has 3 aromatic rings. The number of rotatable bonds is 6. The number of aromatic nitrogens is 2. The van der Waals surface area contributed by atoms with Gasteiger partial charge in [-0.25, -0.2) is 9.37 Å². The number of benzene rings is 2. The third kappa shape index (κ3) is 3.59. The summed E-state index contributed by atoms with van der Waals surface area (Å²) in [6.45, 7) is 0. The van der Waals surface area contributed by atoms with E-state index in [4.69, 9.17) is 0 Å². The third-order valence-corrected chi connectivity index (χ3v) is 4.42. The molecule has 1 heterocycles. The number of imidazole rings is 1. The SMILES string of the molecule is CSCCC(NC(=O)c1ccccc1F)c1nc2ccccc2[nH]1. The zero-order valence-corrected chi connectivity index (χ0v) is 14.1. The molecular weight excluding hydrogens is 325 g/mol. The van der Waals surface area contributed by atoms with Gasteiger partial charge in [0.05, 0.1) is 22.6 Å². The number of hydrogen-bond acceptors (Lipinski definition) is 3. The van der Waals surface area contributed by atoms with Gasteiger partial charge >= 0.3 is 0 Å². The molecule has 0 aliphatic heterocycles. The maximum Gasteiger partial charge on any atom is 0.254 e. The number of nitrogens with one attached hydrogen (secondary N) is 2. The number of amides is 1. The molecule has 0 radical (unpaired) electrons.